The molecule has 0 aliphatic carbocycles. The first kappa shape index (κ1) is 18.9. The molecule has 0 radical (unpaired) electrons. The van der Waals surface area contributed by atoms with Gasteiger partial charge in [-0.1, -0.05) is 18.2 Å². The van der Waals surface area contributed by atoms with E-state index in [0.29, 0.717) is 12.6 Å². The normalized spacial score (nSPS) is 21.9. The van der Waals surface area contributed by atoms with E-state index in [-0.39, 0.29) is 24.2 Å². The van der Waals surface area contributed by atoms with E-state index in [1.165, 1.54) is 0 Å². The summed E-state index contributed by atoms with van der Waals surface area (Å²) < 4.78 is 5.44. The highest BCUT2D eigenvalue weighted by atomic mass is 16.5. The topological polar surface area (TPSA) is 70.7 Å². The van der Waals surface area contributed by atoms with Gasteiger partial charge in [0.2, 0.25) is 11.8 Å². The van der Waals surface area contributed by atoms with E-state index in [4.69, 9.17) is 4.74 Å². The lowest BCUT2D eigenvalue weighted by molar-refractivity contribution is -0.127. The largest absolute Gasteiger partial charge is 0.381 e. The Kier molecular flexibility index (Phi) is 7.03. The van der Waals surface area contributed by atoms with Gasteiger partial charge >= 0.3 is 0 Å². The number of piperidine rings is 1. The number of carbonyl (C=O) groups excluding carboxylic acids is 2. The molecular weight excluding hydrogens is 330 g/mol. The predicted octanol–water partition coefficient (Wildman–Crippen LogP) is 2.02. The van der Waals surface area contributed by atoms with E-state index < -0.39 is 0 Å². The Hall–Kier alpha value is -1.92. The summed E-state index contributed by atoms with van der Waals surface area (Å²) in [5.41, 5.74) is 0.781. The lowest BCUT2D eigenvalue weighted by Gasteiger charge is -2.39. The van der Waals surface area contributed by atoms with Crippen molar-refractivity contribution in [2.75, 3.05) is 38.2 Å². The van der Waals surface area contributed by atoms with Crippen LogP contribution in [0.2, 0.25) is 0 Å². The summed E-state index contributed by atoms with van der Waals surface area (Å²) in [5.74, 6) is 0.0297. The van der Waals surface area contributed by atoms with Gasteiger partial charge in [0, 0.05) is 44.5 Å². The van der Waals surface area contributed by atoms with Gasteiger partial charge in [-0.25, -0.2) is 0 Å². The van der Waals surface area contributed by atoms with Crippen LogP contribution in [-0.4, -0.2) is 55.6 Å². The summed E-state index contributed by atoms with van der Waals surface area (Å²) in [6.07, 6.45) is 4.41. The Morgan fingerprint density at radius 1 is 1.12 bits per heavy atom. The molecule has 2 heterocycles. The van der Waals surface area contributed by atoms with Crippen LogP contribution < -0.4 is 10.6 Å². The first-order valence-electron chi connectivity index (χ1n) is 9.67. The predicted molar refractivity (Wildman–Crippen MR) is 101 cm³/mol. The Morgan fingerprint density at radius 2 is 1.88 bits per heavy atom. The molecule has 2 fully saturated rings. The van der Waals surface area contributed by atoms with Gasteiger partial charge in [-0.15, -0.1) is 0 Å². The van der Waals surface area contributed by atoms with Gasteiger partial charge in [0.1, 0.15) is 0 Å². The second-order valence-corrected chi connectivity index (χ2v) is 7.13. The zero-order chi connectivity index (χ0) is 18.2. The molecule has 2 aliphatic rings. The van der Waals surface area contributed by atoms with Crippen LogP contribution in [0.15, 0.2) is 30.3 Å². The lowest BCUT2D eigenvalue weighted by atomic mass is 9.94. The van der Waals surface area contributed by atoms with E-state index >= 15 is 0 Å². The molecule has 0 bridgehead atoms. The molecule has 0 saturated carbocycles. The first-order chi connectivity index (χ1) is 12.7. The van der Waals surface area contributed by atoms with Crippen LogP contribution in [0.1, 0.15) is 32.1 Å². The van der Waals surface area contributed by atoms with Crippen molar-refractivity contribution in [1.82, 2.24) is 10.2 Å². The fourth-order valence-electron chi connectivity index (χ4n) is 3.79. The molecule has 3 rings (SSSR count). The summed E-state index contributed by atoms with van der Waals surface area (Å²) in [7, 11) is 0. The van der Waals surface area contributed by atoms with Crippen LogP contribution in [0.25, 0.3) is 0 Å². The number of rotatable bonds is 6. The van der Waals surface area contributed by atoms with Gasteiger partial charge in [0.25, 0.3) is 0 Å². The smallest absolute Gasteiger partial charge is 0.226 e. The fraction of sp³-hybridized carbons (Fsp3) is 0.600. The third-order valence-corrected chi connectivity index (χ3v) is 5.24. The van der Waals surface area contributed by atoms with Gasteiger partial charge in [0.15, 0.2) is 0 Å². The van der Waals surface area contributed by atoms with Gasteiger partial charge in [-0.2, -0.15) is 0 Å². The minimum atomic E-state index is -0.0797. The SMILES string of the molecule is O=C(CCNC(=O)C1CCCN(C2CCOCC2)C1)Nc1ccccc1. The van der Waals surface area contributed by atoms with Crippen molar-refractivity contribution >= 4 is 17.5 Å². The molecule has 1 aromatic rings. The summed E-state index contributed by atoms with van der Waals surface area (Å²) in [6.45, 7) is 3.94. The van der Waals surface area contributed by atoms with Crippen molar-refractivity contribution in [3.63, 3.8) is 0 Å². The van der Waals surface area contributed by atoms with E-state index in [1.54, 1.807) is 0 Å². The number of ether oxygens (including phenoxy) is 1. The van der Waals surface area contributed by atoms with Gasteiger partial charge in [-0.05, 0) is 44.4 Å². The number of benzene rings is 1. The van der Waals surface area contributed by atoms with Crippen LogP contribution in [0.5, 0.6) is 0 Å². The second-order valence-electron chi connectivity index (χ2n) is 7.13. The third-order valence-electron chi connectivity index (χ3n) is 5.24. The molecule has 2 amide bonds. The first-order valence-corrected chi connectivity index (χ1v) is 9.67. The van der Waals surface area contributed by atoms with E-state index in [2.05, 4.69) is 15.5 Å². The van der Waals surface area contributed by atoms with Crippen LogP contribution in [0, 0.1) is 5.92 Å². The molecule has 2 N–H and O–H groups in total. The number of para-hydroxylation sites is 1. The maximum absolute atomic E-state index is 12.5. The zero-order valence-electron chi connectivity index (χ0n) is 15.3. The minimum Gasteiger partial charge on any atom is -0.381 e. The molecule has 2 aliphatic heterocycles. The van der Waals surface area contributed by atoms with Crippen LogP contribution in [-0.2, 0) is 14.3 Å². The van der Waals surface area contributed by atoms with Crippen LogP contribution in [0.4, 0.5) is 5.69 Å². The second kappa shape index (κ2) is 9.69. The summed E-state index contributed by atoms with van der Waals surface area (Å²) in [5, 5.41) is 5.78. The summed E-state index contributed by atoms with van der Waals surface area (Å²) in [6, 6.07) is 9.92. The van der Waals surface area contributed by atoms with Crippen molar-refractivity contribution in [2.45, 2.75) is 38.1 Å². The van der Waals surface area contributed by atoms with Gasteiger partial charge < -0.3 is 15.4 Å². The maximum Gasteiger partial charge on any atom is 0.226 e. The molecule has 0 spiro atoms. The standard InChI is InChI=1S/C20H29N3O3/c24-19(22-17-6-2-1-3-7-17)8-11-21-20(25)16-5-4-12-23(15-16)18-9-13-26-14-10-18/h1-3,6-7,16,18H,4-5,8-15H2,(H,21,25)(H,22,24). The number of nitrogens with zero attached hydrogens (tertiary/aromatic N) is 1. The van der Waals surface area contributed by atoms with E-state index in [1.807, 2.05) is 30.3 Å². The van der Waals surface area contributed by atoms with Crippen molar-refractivity contribution in [3.8, 4) is 0 Å². The fourth-order valence-corrected chi connectivity index (χ4v) is 3.79. The highest BCUT2D eigenvalue weighted by Crippen LogP contribution is 2.23. The average molecular weight is 359 g/mol. The Morgan fingerprint density at radius 3 is 2.65 bits per heavy atom. The molecular formula is C20H29N3O3. The molecule has 1 aromatic carbocycles. The maximum atomic E-state index is 12.5. The monoisotopic (exact) mass is 359 g/mol. The van der Waals surface area contributed by atoms with E-state index in [9.17, 15) is 9.59 Å². The summed E-state index contributed by atoms with van der Waals surface area (Å²) in [4.78, 5) is 26.9. The highest BCUT2D eigenvalue weighted by molar-refractivity contribution is 5.91. The molecule has 6 heteroatoms. The van der Waals surface area contributed by atoms with E-state index in [0.717, 1.165) is 57.7 Å². The number of hydrogen-bond acceptors (Lipinski definition) is 4. The number of hydrogen-bond donors (Lipinski definition) is 2. The van der Waals surface area contributed by atoms with Crippen molar-refractivity contribution in [2.24, 2.45) is 5.92 Å². The van der Waals surface area contributed by atoms with Gasteiger partial charge in [0.05, 0.1) is 5.92 Å². The average Bonchev–Trinajstić information content (AvgIpc) is 2.69. The van der Waals surface area contributed by atoms with Crippen molar-refractivity contribution in [3.05, 3.63) is 30.3 Å². The minimum absolute atomic E-state index is 0.0313. The molecule has 1 unspecified atom stereocenters. The molecule has 6 nitrogen and oxygen atoms in total. The number of amides is 2. The van der Waals surface area contributed by atoms with Crippen molar-refractivity contribution in [1.29, 1.82) is 0 Å². The molecule has 1 atom stereocenters. The number of likely N-dealkylation sites (tertiary alicyclic amines) is 1. The van der Waals surface area contributed by atoms with Crippen LogP contribution >= 0.6 is 0 Å². The number of anilines is 1. The molecule has 0 aromatic heterocycles. The molecule has 26 heavy (non-hydrogen) atoms. The number of carbonyl (C=O) groups is 2. The lowest BCUT2D eigenvalue weighted by Crippen LogP contribution is -2.48. The Balaban J connectivity index is 1.38. The third kappa shape index (κ3) is 5.54. The van der Waals surface area contributed by atoms with Crippen LogP contribution in [0.3, 0.4) is 0 Å². The zero-order valence-corrected chi connectivity index (χ0v) is 15.3. The Labute approximate surface area is 155 Å². The van der Waals surface area contributed by atoms with Gasteiger partial charge in [-0.3, -0.25) is 14.5 Å². The highest BCUT2D eigenvalue weighted by Gasteiger charge is 2.30. The summed E-state index contributed by atoms with van der Waals surface area (Å²) >= 11 is 0. The molecule has 142 valence electrons. The number of nitrogens with one attached hydrogen (secondary N) is 2. The quantitative estimate of drug-likeness (QED) is 0.815. The Bertz CT molecular complexity index is 587. The van der Waals surface area contributed by atoms with Crippen molar-refractivity contribution < 1.29 is 14.3 Å². The molecule has 2 saturated heterocycles.